The van der Waals surface area contributed by atoms with E-state index < -0.39 is 12.4 Å². The molecule has 0 saturated heterocycles. The summed E-state index contributed by atoms with van der Waals surface area (Å²) in [4.78, 5) is 10.7. The highest BCUT2D eigenvalue weighted by Crippen LogP contribution is 2.26. The van der Waals surface area contributed by atoms with Crippen molar-refractivity contribution < 1.29 is 23.4 Å². The van der Waals surface area contributed by atoms with Gasteiger partial charge in [0.05, 0.1) is 11.7 Å². The van der Waals surface area contributed by atoms with Gasteiger partial charge in [0.1, 0.15) is 5.75 Å². The Hall–Kier alpha value is -1.65. The Balaban J connectivity index is 3.13. The molecule has 0 saturated carbocycles. The van der Waals surface area contributed by atoms with Gasteiger partial charge in [-0.15, -0.1) is 0 Å². The van der Waals surface area contributed by atoms with E-state index in [0.717, 1.165) is 12.1 Å². The number of aromatic carboxylic acids is 1. The van der Waals surface area contributed by atoms with Gasteiger partial charge in [-0.1, -0.05) is 0 Å². The standard InChI is InChI=1S/C11H12F2O3/c1-6(2)16-9-4-7(10(12)13)3-8(5-9)11(14)15/h3-6,10H,1-2H3,(H,14,15). The van der Waals surface area contributed by atoms with Crippen LogP contribution in [0.2, 0.25) is 0 Å². The van der Waals surface area contributed by atoms with Gasteiger partial charge in [-0.05, 0) is 32.0 Å². The maximum Gasteiger partial charge on any atom is 0.335 e. The summed E-state index contributed by atoms with van der Waals surface area (Å²) in [5.74, 6) is -1.11. The molecule has 1 aromatic carbocycles. The van der Waals surface area contributed by atoms with E-state index in [1.165, 1.54) is 6.07 Å². The van der Waals surface area contributed by atoms with Gasteiger partial charge in [0, 0.05) is 5.56 Å². The van der Waals surface area contributed by atoms with Crippen LogP contribution in [-0.2, 0) is 0 Å². The molecule has 1 N–H and O–H groups in total. The van der Waals surface area contributed by atoms with Crippen LogP contribution >= 0.6 is 0 Å². The Bertz CT molecular complexity index is 389. The molecule has 0 aromatic heterocycles. The molecule has 0 heterocycles. The lowest BCUT2D eigenvalue weighted by atomic mass is 10.1. The quantitative estimate of drug-likeness (QED) is 0.864. The molecule has 0 amide bonds. The topological polar surface area (TPSA) is 46.5 Å². The lowest BCUT2D eigenvalue weighted by molar-refractivity contribution is 0.0695. The van der Waals surface area contributed by atoms with E-state index in [4.69, 9.17) is 9.84 Å². The molecule has 1 aromatic rings. The number of carbonyl (C=O) groups is 1. The molecule has 5 heteroatoms. The third kappa shape index (κ3) is 3.18. The summed E-state index contributed by atoms with van der Waals surface area (Å²) in [6, 6.07) is 3.32. The van der Waals surface area contributed by atoms with Gasteiger partial charge < -0.3 is 9.84 Å². The van der Waals surface area contributed by atoms with Crippen LogP contribution in [0, 0.1) is 0 Å². The molecule has 0 fully saturated rings. The molecule has 0 bridgehead atoms. The molecule has 0 spiro atoms. The van der Waals surface area contributed by atoms with Gasteiger partial charge in [-0.3, -0.25) is 0 Å². The first-order chi connectivity index (χ1) is 7.40. The normalized spacial score (nSPS) is 10.9. The van der Waals surface area contributed by atoms with Gasteiger partial charge in [0.15, 0.2) is 0 Å². The molecule has 0 unspecified atom stereocenters. The second-order valence-corrected chi connectivity index (χ2v) is 3.56. The molecule has 0 radical (unpaired) electrons. The van der Waals surface area contributed by atoms with E-state index in [1.807, 2.05) is 0 Å². The minimum absolute atomic E-state index is 0.144. The number of carboxylic acid groups (broad SMARTS) is 1. The molecule has 88 valence electrons. The van der Waals surface area contributed by atoms with Crippen LogP contribution in [0.1, 0.15) is 36.2 Å². The van der Waals surface area contributed by atoms with E-state index in [0.29, 0.717) is 0 Å². The van der Waals surface area contributed by atoms with Crippen LogP contribution in [0.25, 0.3) is 0 Å². The van der Waals surface area contributed by atoms with E-state index in [-0.39, 0.29) is 23.0 Å². The summed E-state index contributed by atoms with van der Waals surface area (Å²) in [6.45, 7) is 3.46. The fourth-order valence-electron chi connectivity index (χ4n) is 1.21. The number of alkyl halides is 2. The van der Waals surface area contributed by atoms with Crippen LogP contribution < -0.4 is 4.74 Å². The second-order valence-electron chi connectivity index (χ2n) is 3.56. The summed E-state index contributed by atoms with van der Waals surface area (Å²) in [6.07, 6.45) is -2.91. The predicted octanol–water partition coefficient (Wildman–Crippen LogP) is 3.11. The fraction of sp³-hybridized carbons (Fsp3) is 0.364. The molecular weight excluding hydrogens is 218 g/mol. The van der Waals surface area contributed by atoms with Crippen molar-refractivity contribution in [1.29, 1.82) is 0 Å². The smallest absolute Gasteiger partial charge is 0.335 e. The minimum Gasteiger partial charge on any atom is -0.491 e. The molecule has 0 atom stereocenters. The average Bonchev–Trinajstić information content (AvgIpc) is 2.15. The monoisotopic (exact) mass is 230 g/mol. The molecule has 0 aliphatic heterocycles. The van der Waals surface area contributed by atoms with Crippen molar-refractivity contribution in [1.82, 2.24) is 0 Å². The number of benzene rings is 1. The number of hydrogen-bond donors (Lipinski definition) is 1. The van der Waals surface area contributed by atoms with Crippen LogP contribution in [-0.4, -0.2) is 17.2 Å². The van der Waals surface area contributed by atoms with Gasteiger partial charge in [-0.2, -0.15) is 0 Å². The van der Waals surface area contributed by atoms with Crippen molar-refractivity contribution in [3.8, 4) is 5.75 Å². The highest BCUT2D eigenvalue weighted by molar-refractivity contribution is 5.88. The Morgan fingerprint density at radius 1 is 1.31 bits per heavy atom. The summed E-state index contributed by atoms with van der Waals surface area (Å²) < 4.78 is 30.2. The zero-order valence-electron chi connectivity index (χ0n) is 8.91. The van der Waals surface area contributed by atoms with Crippen molar-refractivity contribution in [3.05, 3.63) is 29.3 Å². The zero-order chi connectivity index (χ0) is 12.3. The Morgan fingerprint density at radius 2 is 1.94 bits per heavy atom. The van der Waals surface area contributed by atoms with Gasteiger partial charge in [0.2, 0.25) is 0 Å². The summed E-state index contributed by atoms with van der Waals surface area (Å²) in [7, 11) is 0. The van der Waals surface area contributed by atoms with Gasteiger partial charge in [-0.25, -0.2) is 13.6 Å². The van der Waals surface area contributed by atoms with Crippen LogP contribution in [0.4, 0.5) is 8.78 Å². The number of halogens is 2. The number of rotatable bonds is 4. The number of carboxylic acids is 1. The second kappa shape index (κ2) is 4.92. The van der Waals surface area contributed by atoms with Crippen molar-refractivity contribution >= 4 is 5.97 Å². The summed E-state index contributed by atoms with van der Waals surface area (Å²) in [5.41, 5.74) is -0.552. The highest BCUT2D eigenvalue weighted by Gasteiger charge is 2.14. The van der Waals surface area contributed by atoms with E-state index in [1.54, 1.807) is 13.8 Å². The Labute approximate surface area is 91.7 Å². The lowest BCUT2D eigenvalue weighted by Crippen LogP contribution is -2.07. The van der Waals surface area contributed by atoms with Crippen molar-refractivity contribution in [3.63, 3.8) is 0 Å². The molecule has 0 aliphatic carbocycles. The lowest BCUT2D eigenvalue weighted by Gasteiger charge is -2.12. The minimum atomic E-state index is -2.71. The first-order valence-electron chi connectivity index (χ1n) is 4.73. The fourth-order valence-corrected chi connectivity index (χ4v) is 1.21. The van der Waals surface area contributed by atoms with Crippen LogP contribution in [0.15, 0.2) is 18.2 Å². The SMILES string of the molecule is CC(C)Oc1cc(C(=O)O)cc(C(F)F)c1. The van der Waals surface area contributed by atoms with E-state index in [9.17, 15) is 13.6 Å². The van der Waals surface area contributed by atoms with Gasteiger partial charge >= 0.3 is 5.97 Å². The molecule has 16 heavy (non-hydrogen) atoms. The molecule has 0 aliphatic rings. The van der Waals surface area contributed by atoms with Crippen molar-refractivity contribution in [2.75, 3.05) is 0 Å². The van der Waals surface area contributed by atoms with E-state index in [2.05, 4.69) is 0 Å². The maximum absolute atomic E-state index is 12.5. The van der Waals surface area contributed by atoms with Crippen LogP contribution in [0.5, 0.6) is 5.75 Å². The third-order valence-corrected chi connectivity index (χ3v) is 1.80. The average molecular weight is 230 g/mol. The first-order valence-corrected chi connectivity index (χ1v) is 4.73. The molecule has 3 nitrogen and oxygen atoms in total. The zero-order valence-corrected chi connectivity index (χ0v) is 8.91. The Morgan fingerprint density at radius 3 is 2.38 bits per heavy atom. The number of hydrogen-bond acceptors (Lipinski definition) is 2. The van der Waals surface area contributed by atoms with Crippen LogP contribution in [0.3, 0.4) is 0 Å². The maximum atomic E-state index is 12.5. The third-order valence-electron chi connectivity index (χ3n) is 1.80. The van der Waals surface area contributed by atoms with Gasteiger partial charge in [0.25, 0.3) is 6.43 Å². The van der Waals surface area contributed by atoms with E-state index >= 15 is 0 Å². The van der Waals surface area contributed by atoms with Crippen molar-refractivity contribution in [2.24, 2.45) is 0 Å². The molecular formula is C11H12F2O3. The summed E-state index contributed by atoms with van der Waals surface area (Å²) in [5, 5.41) is 8.75. The van der Waals surface area contributed by atoms with Crippen molar-refractivity contribution in [2.45, 2.75) is 26.4 Å². The molecule has 1 rings (SSSR count). The first kappa shape index (κ1) is 12.4. The number of ether oxygens (including phenoxy) is 1. The highest BCUT2D eigenvalue weighted by atomic mass is 19.3. The summed E-state index contributed by atoms with van der Waals surface area (Å²) >= 11 is 0. The Kier molecular flexibility index (Phi) is 3.82. The largest absolute Gasteiger partial charge is 0.491 e. The predicted molar refractivity (Wildman–Crippen MR) is 54.1 cm³/mol.